The lowest BCUT2D eigenvalue weighted by molar-refractivity contribution is 0.152. The van der Waals surface area contributed by atoms with E-state index in [4.69, 9.17) is 0 Å². The lowest BCUT2D eigenvalue weighted by Crippen LogP contribution is -2.55. The Kier molecular flexibility index (Phi) is 4.62. The maximum absolute atomic E-state index is 11.8. The van der Waals surface area contributed by atoms with Gasteiger partial charge in [0.05, 0.1) is 6.17 Å². The first kappa shape index (κ1) is 12.6. The number of likely N-dealkylation sites (tertiary alicyclic amines) is 1. The minimum atomic E-state index is -0.0162. The van der Waals surface area contributed by atoms with E-state index >= 15 is 0 Å². The molecule has 2 saturated heterocycles. The van der Waals surface area contributed by atoms with Gasteiger partial charge in [0, 0.05) is 12.6 Å². The highest BCUT2D eigenvalue weighted by Gasteiger charge is 2.22. The van der Waals surface area contributed by atoms with Gasteiger partial charge in [0.1, 0.15) is 0 Å². The molecule has 98 valence electrons. The van der Waals surface area contributed by atoms with Gasteiger partial charge in [-0.2, -0.15) is 0 Å². The van der Waals surface area contributed by atoms with E-state index in [1.54, 1.807) is 0 Å². The molecule has 3 N–H and O–H groups in total. The molecule has 2 aliphatic heterocycles. The Balaban J connectivity index is 1.72. The SMILES string of the molecule is CN1CCCCC1NC(=O)NC1CCCNC1. The van der Waals surface area contributed by atoms with Crippen molar-refractivity contribution in [3.05, 3.63) is 0 Å². The third-order valence-electron chi connectivity index (χ3n) is 3.70. The topological polar surface area (TPSA) is 56.4 Å². The van der Waals surface area contributed by atoms with Gasteiger partial charge in [-0.3, -0.25) is 4.90 Å². The second-order valence-corrected chi connectivity index (χ2v) is 5.15. The van der Waals surface area contributed by atoms with Gasteiger partial charge in [0.25, 0.3) is 0 Å². The van der Waals surface area contributed by atoms with Crippen molar-refractivity contribution in [2.45, 2.75) is 44.3 Å². The van der Waals surface area contributed by atoms with Crippen LogP contribution in [-0.4, -0.2) is 49.8 Å². The molecule has 2 amide bonds. The lowest BCUT2D eigenvalue weighted by atomic mass is 10.1. The molecule has 5 nitrogen and oxygen atoms in total. The molecule has 0 radical (unpaired) electrons. The van der Waals surface area contributed by atoms with Gasteiger partial charge in [-0.15, -0.1) is 0 Å². The van der Waals surface area contributed by atoms with Gasteiger partial charge in [-0.25, -0.2) is 4.79 Å². The Hall–Kier alpha value is -0.810. The molecule has 2 heterocycles. The maximum Gasteiger partial charge on any atom is 0.316 e. The number of nitrogens with one attached hydrogen (secondary N) is 3. The minimum absolute atomic E-state index is 0.0162. The Bertz CT molecular complexity index is 253. The van der Waals surface area contributed by atoms with Crippen LogP contribution in [-0.2, 0) is 0 Å². The zero-order valence-electron chi connectivity index (χ0n) is 10.7. The zero-order valence-corrected chi connectivity index (χ0v) is 10.7. The van der Waals surface area contributed by atoms with Gasteiger partial charge < -0.3 is 16.0 Å². The van der Waals surface area contributed by atoms with Crippen LogP contribution in [0.25, 0.3) is 0 Å². The summed E-state index contributed by atoms with van der Waals surface area (Å²) in [5.74, 6) is 0. The van der Waals surface area contributed by atoms with Crippen molar-refractivity contribution in [3.8, 4) is 0 Å². The molecule has 0 aliphatic carbocycles. The molecule has 5 heteroatoms. The number of piperidine rings is 2. The fourth-order valence-electron chi connectivity index (χ4n) is 2.61. The van der Waals surface area contributed by atoms with Crippen LogP contribution >= 0.6 is 0 Å². The predicted octanol–water partition coefficient (Wildman–Crippen LogP) is 0.479. The molecule has 2 fully saturated rings. The van der Waals surface area contributed by atoms with Crippen LogP contribution in [0, 0.1) is 0 Å². The summed E-state index contributed by atoms with van der Waals surface area (Å²) in [6.45, 7) is 3.05. The van der Waals surface area contributed by atoms with Gasteiger partial charge >= 0.3 is 6.03 Å². The molecule has 0 saturated carbocycles. The van der Waals surface area contributed by atoms with Crippen molar-refractivity contribution in [2.24, 2.45) is 0 Å². The monoisotopic (exact) mass is 240 g/mol. The Labute approximate surface area is 103 Å². The molecule has 0 aromatic heterocycles. The average Bonchev–Trinajstić information content (AvgIpc) is 2.33. The summed E-state index contributed by atoms with van der Waals surface area (Å²) in [6.07, 6.45) is 5.95. The second kappa shape index (κ2) is 6.21. The number of carbonyl (C=O) groups excluding carboxylic acids is 1. The fraction of sp³-hybridized carbons (Fsp3) is 0.917. The Morgan fingerprint density at radius 1 is 1.24 bits per heavy atom. The molecular weight excluding hydrogens is 216 g/mol. The number of carbonyl (C=O) groups is 1. The largest absolute Gasteiger partial charge is 0.334 e. The summed E-state index contributed by atoms with van der Waals surface area (Å²) >= 11 is 0. The van der Waals surface area contributed by atoms with Crippen molar-refractivity contribution < 1.29 is 4.79 Å². The second-order valence-electron chi connectivity index (χ2n) is 5.15. The van der Waals surface area contributed by atoms with Crippen LogP contribution in [0.2, 0.25) is 0 Å². The number of hydrogen-bond acceptors (Lipinski definition) is 3. The number of amides is 2. The number of hydrogen-bond donors (Lipinski definition) is 3. The third kappa shape index (κ3) is 3.85. The first-order valence-electron chi connectivity index (χ1n) is 6.73. The minimum Gasteiger partial charge on any atom is -0.334 e. The highest BCUT2D eigenvalue weighted by molar-refractivity contribution is 5.74. The van der Waals surface area contributed by atoms with Crippen molar-refractivity contribution in [2.75, 3.05) is 26.7 Å². The van der Waals surface area contributed by atoms with E-state index in [0.717, 1.165) is 38.9 Å². The molecule has 0 aromatic rings. The van der Waals surface area contributed by atoms with E-state index in [1.165, 1.54) is 12.8 Å². The highest BCUT2D eigenvalue weighted by Crippen LogP contribution is 2.12. The number of urea groups is 1. The van der Waals surface area contributed by atoms with Crippen LogP contribution in [0.3, 0.4) is 0 Å². The average molecular weight is 240 g/mol. The van der Waals surface area contributed by atoms with E-state index in [2.05, 4.69) is 27.9 Å². The molecule has 0 aromatic carbocycles. The normalized spacial score (nSPS) is 30.9. The first-order chi connectivity index (χ1) is 8.25. The molecule has 0 spiro atoms. The smallest absolute Gasteiger partial charge is 0.316 e. The van der Waals surface area contributed by atoms with Gasteiger partial charge in [0.2, 0.25) is 0 Å². The van der Waals surface area contributed by atoms with E-state index in [1.807, 2.05) is 0 Å². The van der Waals surface area contributed by atoms with Gasteiger partial charge in [-0.1, -0.05) is 0 Å². The number of rotatable bonds is 2. The first-order valence-corrected chi connectivity index (χ1v) is 6.73. The van der Waals surface area contributed by atoms with Crippen LogP contribution in [0.5, 0.6) is 0 Å². The number of nitrogens with zero attached hydrogens (tertiary/aromatic N) is 1. The van der Waals surface area contributed by atoms with E-state index < -0.39 is 0 Å². The third-order valence-corrected chi connectivity index (χ3v) is 3.70. The van der Waals surface area contributed by atoms with Crippen LogP contribution < -0.4 is 16.0 Å². The zero-order chi connectivity index (χ0) is 12.1. The summed E-state index contributed by atoms with van der Waals surface area (Å²) < 4.78 is 0. The molecule has 0 bridgehead atoms. The van der Waals surface area contributed by atoms with Gasteiger partial charge in [-0.05, 0) is 52.2 Å². The molecule has 2 aliphatic rings. The fourth-order valence-corrected chi connectivity index (χ4v) is 2.61. The van der Waals surface area contributed by atoms with Crippen LogP contribution in [0.15, 0.2) is 0 Å². The lowest BCUT2D eigenvalue weighted by Gasteiger charge is -2.33. The molecule has 2 rings (SSSR count). The van der Waals surface area contributed by atoms with E-state index in [-0.39, 0.29) is 18.2 Å². The van der Waals surface area contributed by atoms with Crippen LogP contribution in [0.1, 0.15) is 32.1 Å². The standard InChI is InChI=1S/C12H24N4O/c1-16-8-3-2-6-11(16)15-12(17)14-10-5-4-7-13-9-10/h10-11,13H,2-9H2,1H3,(H2,14,15,17). The summed E-state index contributed by atoms with van der Waals surface area (Å²) in [6, 6.07) is 0.273. The Morgan fingerprint density at radius 2 is 2.12 bits per heavy atom. The van der Waals surface area contributed by atoms with E-state index in [0.29, 0.717) is 0 Å². The van der Waals surface area contributed by atoms with E-state index in [9.17, 15) is 4.79 Å². The summed E-state index contributed by atoms with van der Waals surface area (Å²) in [7, 11) is 2.08. The predicted molar refractivity (Wildman–Crippen MR) is 67.8 cm³/mol. The maximum atomic E-state index is 11.8. The van der Waals surface area contributed by atoms with Crippen LogP contribution in [0.4, 0.5) is 4.79 Å². The molecular formula is C12H24N4O. The summed E-state index contributed by atoms with van der Waals surface area (Å²) in [4.78, 5) is 14.1. The quantitative estimate of drug-likeness (QED) is 0.658. The van der Waals surface area contributed by atoms with Crippen molar-refractivity contribution in [1.29, 1.82) is 0 Å². The summed E-state index contributed by atoms with van der Waals surface area (Å²) in [5, 5.41) is 9.41. The summed E-state index contributed by atoms with van der Waals surface area (Å²) in [5.41, 5.74) is 0. The van der Waals surface area contributed by atoms with Crippen molar-refractivity contribution in [3.63, 3.8) is 0 Å². The van der Waals surface area contributed by atoms with Crippen molar-refractivity contribution >= 4 is 6.03 Å². The highest BCUT2D eigenvalue weighted by atomic mass is 16.2. The van der Waals surface area contributed by atoms with Gasteiger partial charge in [0.15, 0.2) is 0 Å². The molecule has 2 atom stereocenters. The molecule has 2 unspecified atom stereocenters. The van der Waals surface area contributed by atoms with Crippen molar-refractivity contribution in [1.82, 2.24) is 20.9 Å². The Morgan fingerprint density at radius 3 is 2.82 bits per heavy atom. The molecule has 17 heavy (non-hydrogen) atoms.